The number of carbonyl (C=O) groups excluding carboxylic acids is 1. The summed E-state index contributed by atoms with van der Waals surface area (Å²) in [7, 11) is 0. The topological polar surface area (TPSA) is 72.7 Å². The maximum atomic E-state index is 14.5. The van der Waals surface area contributed by atoms with Crippen molar-refractivity contribution in [2.45, 2.75) is 13.5 Å². The van der Waals surface area contributed by atoms with E-state index in [4.69, 9.17) is 11.6 Å². The van der Waals surface area contributed by atoms with Gasteiger partial charge in [0.15, 0.2) is 5.65 Å². The molecule has 4 aromatic rings. The van der Waals surface area contributed by atoms with Gasteiger partial charge in [-0.3, -0.25) is 4.79 Å². The molecular weight excluding hydrogens is 450 g/mol. The van der Waals surface area contributed by atoms with E-state index in [2.05, 4.69) is 20.6 Å². The zero-order valence-corrected chi connectivity index (χ0v) is 17.2. The van der Waals surface area contributed by atoms with Crippen molar-refractivity contribution in [3.63, 3.8) is 0 Å². The van der Waals surface area contributed by atoms with Gasteiger partial charge in [-0.2, -0.15) is 0 Å². The van der Waals surface area contributed by atoms with Gasteiger partial charge in [-0.05, 0) is 43.3 Å². The third-order valence-corrected chi connectivity index (χ3v) is 5.12. The van der Waals surface area contributed by atoms with Crippen LogP contribution in [0.25, 0.3) is 22.4 Å². The summed E-state index contributed by atoms with van der Waals surface area (Å²) in [5, 5.41) is 9.75. The predicted octanol–water partition coefficient (Wildman–Crippen LogP) is 4.50. The largest absolute Gasteiger partial charge is 0.352 e. The molecule has 0 aliphatic carbocycles. The molecule has 0 fully saturated rings. The molecule has 0 aliphatic rings. The van der Waals surface area contributed by atoms with Crippen LogP contribution in [0.4, 0.5) is 17.6 Å². The number of hydrogen-bond acceptors (Lipinski definition) is 4. The van der Waals surface area contributed by atoms with Gasteiger partial charge in [-0.15, -0.1) is 5.10 Å². The molecule has 0 saturated carbocycles. The van der Waals surface area contributed by atoms with Crippen molar-refractivity contribution < 1.29 is 22.4 Å². The number of nitrogens with one attached hydrogen (secondary N) is 1. The molecule has 0 saturated heterocycles. The van der Waals surface area contributed by atoms with Crippen molar-refractivity contribution in [1.29, 1.82) is 0 Å². The molecule has 0 spiro atoms. The monoisotopic (exact) mass is 463 g/mol. The van der Waals surface area contributed by atoms with Crippen molar-refractivity contribution in [3.05, 3.63) is 75.8 Å². The molecule has 1 N–H and O–H groups in total. The highest BCUT2D eigenvalue weighted by molar-refractivity contribution is 6.31. The first-order chi connectivity index (χ1) is 15.3. The van der Waals surface area contributed by atoms with Crippen LogP contribution in [0.3, 0.4) is 0 Å². The molecule has 2 heterocycles. The summed E-state index contributed by atoms with van der Waals surface area (Å²) >= 11 is 5.88. The molecule has 2 aromatic carbocycles. The van der Waals surface area contributed by atoms with E-state index in [0.717, 1.165) is 24.3 Å². The van der Waals surface area contributed by atoms with Gasteiger partial charge in [-0.25, -0.2) is 27.2 Å². The Balaban J connectivity index is 1.76. The quantitative estimate of drug-likeness (QED) is 0.349. The van der Waals surface area contributed by atoms with E-state index in [9.17, 15) is 22.4 Å². The molecule has 4 rings (SSSR count). The third-order valence-electron chi connectivity index (χ3n) is 4.71. The van der Waals surface area contributed by atoms with E-state index in [1.54, 1.807) is 6.92 Å². The molecule has 1 amide bonds. The number of pyridine rings is 1. The third kappa shape index (κ3) is 3.89. The summed E-state index contributed by atoms with van der Waals surface area (Å²) < 4.78 is 58.0. The second-order valence-corrected chi connectivity index (χ2v) is 7.16. The summed E-state index contributed by atoms with van der Waals surface area (Å²) in [6, 6.07) is 6.80. The van der Waals surface area contributed by atoms with E-state index >= 15 is 0 Å². The highest BCUT2D eigenvalue weighted by Crippen LogP contribution is 2.27. The molecule has 0 bridgehead atoms. The minimum Gasteiger partial charge on any atom is -0.352 e. The SMILES string of the molecule is CCNC(=O)c1c(F)cc(-c2ccc3nnn(Cc4c(F)ccc(F)c4Cl)c3n2)cc1F. The van der Waals surface area contributed by atoms with Gasteiger partial charge >= 0.3 is 0 Å². The predicted molar refractivity (Wildman–Crippen MR) is 109 cm³/mol. The molecule has 6 nitrogen and oxygen atoms in total. The molecule has 32 heavy (non-hydrogen) atoms. The highest BCUT2D eigenvalue weighted by atomic mass is 35.5. The van der Waals surface area contributed by atoms with Gasteiger partial charge in [-0.1, -0.05) is 16.8 Å². The van der Waals surface area contributed by atoms with Gasteiger partial charge in [0.05, 0.1) is 17.3 Å². The number of aromatic nitrogens is 4. The second kappa shape index (κ2) is 8.54. The molecular formula is C21H14ClF4N5O. The van der Waals surface area contributed by atoms with Crippen LogP contribution in [0.15, 0.2) is 36.4 Å². The Hall–Kier alpha value is -3.53. The van der Waals surface area contributed by atoms with Crippen LogP contribution < -0.4 is 5.32 Å². The highest BCUT2D eigenvalue weighted by Gasteiger charge is 2.20. The summed E-state index contributed by atoms with van der Waals surface area (Å²) in [5.74, 6) is -4.49. The van der Waals surface area contributed by atoms with Gasteiger partial charge < -0.3 is 5.32 Å². The van der Waals surface area contributed by atoms with Crippen LogP contribution in [-0.2, 0) is 6.54 Å². The normalized spacial score (nSPS) is 11.2. The van der Waals surface area contributed by atoms with Gasteiger partial charge in [0, 0.05) is 17.7 Å². The zero-order valence-electron chi connectivity index (χ0n) is 16.5. The second-order valence-electron chi connectivity index (χ2n) is 6.78. The molecule has 0 atom stereocenters. The van der Waals surface area contributed by atoms with Crippen molar-refractivity contribution in [2.75, 3.05) is 6.54 Å². The number of fused-ring (bicyclic) bond motifs is 1. The van der Waals surface area contributed by atoms with Crippen molar-refractivity contribution in [3.8, 4) is 11.3 Å². The lowest BCUT2D eigenvalue weighted by Gasteiger charge is -2.09. The molecule has 0 radical (unpaired) electrons. The number of amides is 1. The summed E-state index contributed by atoms with van der Waals surface area (Å²) in [5.41, 5.74) is -0.129. The minimum absolute atomic E-state index is 0.0673. The molecule has 0 unspecified atom stereocenters. The standard InChI is InChI=1S/C21H14ClF4N5O/c1-2-27-21(32)18-14(25)7-10(8-15(18)26)16-5-6-17-20(28-16)31(30-29-17)9-11-12(23)3-4-13(24)19(11)22/h3-8H,2,9H2,1H3,(H,27,32). The molecule has 0 aliphatic heterocycles. The fraction of sp³-hybridized carbons (Fsp3) is 0.143. The first-order valence-electron chi connectivity index (χ1n) is 9.40. The lowest BCUT2D eigenvalue weighted by Crippen LogP contribution is -2.25. The van der Waals surface area contributed by atoms with E-state index in [1.807, 2.05) is 0 Å². The average molecular weight is 464 g/mol. The van der Waals surface area contributed by atoms with Gasteiger partial charge in [0.1, 0.15) is 34.3 Å². The number of nitrogens with zero attached hydrogens (tertiary/aromatic N) is 4. The Morgan fingerprint density at radius 3 is 2.41 bits per heavy atom. The van der Waals surface area contributed by atoms with Crippen LogP contribution in [0.5, 0.6) is 0 Å². The van der Waals surface area contributed by atoms with Crippen LogP contribution in [-0.4, -0.2) is 32.4 Å². The molecule has 164 valence electrons. The summed E-state index contributed by atoms with van der Waals surface area (Å²) in [6.45, 7) is 1.57. The van der Waals surface area contributed by atoms with E-state index in [1.165, 1.54) is 16.8 Å². The van der Waals surface area contributed by atoms with Crippen LogP contribution in [0.2, 0.25) is 5.02 Å². The Morgan fingerprint density at radius 1 is 1.03 bits per heavy atom. The number of hydrogen-bond donors (Lipinski definition) is 1. The fourth-order valence-corrected chi connectivity index (χ4v) is 3.38. The number of benzene rings is 2. The van der Waals surface area contributed by atoms with Crippen LogP contribution in [0.1, 0.15) is 22.8 Å². The summed E-state index contributed by atoms with van der Waals surface area (Å²) in [4.78, 5) is 16.2. The van der Waals surface area contributed by atoms with Crippen molar-refractivity contribution >= 4 is 28.7 Å². The number of halogens is 5. The molecule has 2 aromatic heterocycles. The smallest absolute Gasteiger partial charge is 0.257 e. The van der Waals surface area contributed by atoms with Crippen molar-refractivity contribution in [2.24, 2.45) is 0 Å². The Morgan fingerprint density at radius 2 is 1.72 bits per heavy atom. The van der Waals surface area contributed by atoms with Gasteiger partial charge in [0.25, 0.3) is 5.91 Å². The van der Waals surface area contributed by atoms with Crippen molar-refractivity contribution in [1.82, 2.24) is 25.3 Å². The Kier molecular flexibility index (Phi) is 5.79. The maximum absolute atomic E-state index is 14.5. The first-order valence-corrected chi connectivity index (χ1v) is 9.78. The number of rotatable bonds is 5. The zero-order chi connectivity index (χ0) is 23.0. The van der Waals surface area contributed by atoms with E-state index in [0.29, 0.717) is 5.52 Å². The number of carbonyl (C=O) groups is 1. The Labute approximate surface area is 183 Å². The lowest BCUT2D eigenvalue weighted by molar-refractivity contribution is 0.0947. The first kappa shape index (κ1) is 21.7. The Bertz CT molecular complexity index is 1330. The lowest BCUT2D eigenvalue weighted by atomic mass is 10.1. The fourth-order valence-electron chi connectivity index (χ4n) is 3.17. The minimum atomic E-state index is -1.05. The maximum Gasteiger partial charge on any atom is 0.257 e. The van der Waals surface area contributed by atoms with Crippen LogP contribution in [0, 0.1) is 23.3 Å². The van der Waals surface area contributed by atoms with E-state index < -0.39 is 39.8 Å². The average Bonchev–Trinajstić information content (AvgIpc) is 3.15. The molecule has 11 heteroatoms. The summed E-state index contributed by atoms with van der Waals surface area (Å²) in [6.07, 6.45) is 0. The van der Waals surface area contributed by atoms with Crippen LogP contribution >= 0.6 is 11.6 Å². The van der Waals surface area contributed by atoms with E-state index in [-0.39, 0.29) is 35.6 Å². The van der Waals surface area contributed by atoms with Gasteiger partial charge in [0.2, 0.25) is 0 Å².